The van der Waals surface area contributed by atoms with Crippen LogP contribution in [0.5, 0.6) is 0 Å². The Kier molecular flexibility index (Phi) is 8.08. The van der Waals surface area contributed by atoms with Crippen LogP contribution in [-0.4, -0.2) is 81.1 Å². The molecule has 34 heavy (non-hydrogen) atoms. The lowest BCUT2D eigenvalue weighted by Gasteiger charge is -2.41. The van der Waals surface area contributed by atoms with Crippen LogP contribution in [0.25, 0.3) is 0 Å². The summed E-state index contributed by atoms with van der Waals surface area (Å²) in [6, 6.07) is -0.452. The predicted molar refractivity (Wildman–Crippen MR) is 132 cm³/mol. The van der Waals surface area contributed by atoms with Crippen molar-refractivity contribution in [3.05, 3.63) is 25.3 Å². The first kappa shape index (κ1) is 25.3. The highest BCUT2D eigenvalue weighted by atomic mass is 32.2. The molecule has 3 aliphatic heterocycles. The summed E-state index contributed by atoms with van der Waals surface area (Å²) in [6.45, 7) is 8.55. The summed E-state index contributed by atoms with van der Waals surface area (Å²) in [4.78, 5) is 44.8. The summed E-state index contributed by atoms with van der Waals surface area (Å²) in [6.07, 6.45) is 11.4. The zero-order chi connectivity index (χ0) is 24.3. The largest absolute Gasteiger partial charge is 0.465 e. The normalized spacial score (nSPS) is 32.5. The van der Waals surface area contributed by atoms with Crippen molar-refractivity contribution in [3.8, 4) is 0 Å². The molecule has 8 heteroatoms. The number of carbonyl (C=O) groups is 3. The molecule has 1 aliphatic carbocycles. The minimum absolute atomic E-state index is 0.00278. The zero-order valence-corrected chi connectivity index (χ0v) is 20.8. The van der Waals surface area contributed by atoms with Gasteiger partial charge in [0, 0.05) is 31.0 Å². The van der Waals surface area contributed by atoms with E-state index in [9.17, 15) is 19.5 Å². The van der Waals surface area contributed by atoms with Gasteiger partial charge in [0.05, 0.1) is 23.2 Å². The molecule has 0 aromatic carbocycles. The number of esters is 1. The number of aliphatic hydroxyl groups excluding tert-OH is 1. The van der Waals surface area contributed by atoms with Crippen molar-refractivity contribution in [1.82, 2.24) is 9.80 Å². The topological polar surface area (TPSA) is 87.1 Å². The van der Waals surface area contributed by atoms with Crippen LogP contribution in [0.15, 0.2) is 25.3 Å². The van der Waals surface area contributed by atoms with Crippen LogP contribution in [0.2, 0.25) is 0 Å². The van der Waals surface area contributed by atoms with Crippen LogP contribution in [0.3, 0.4) is 0 Å². The van der Waals surface area contributed by atoms with E-state index in [-0.39, 0.29) is 42.3 Å². The molecule has 7 nitrogen and oxygen atoms in total. The molecule has 1 spiro atoms. The van der Waals surface area contributed by atoms with E-state index in [0.29, 0.717) is 25.9 Å². The number of likely N-dealkylation sites (tertiary alicyclic amines) is 1. The molecule has 2 amide bonds. The molecule has 5 atom stereocenters. The smallest absolute Gasteiger partial charge is 0.310 e. The molecule has 0 aromatic rings. The fraction of sp³-hybridized carbons (Fsp3) is 0.731. The molecule has 4 aliphatic rings. The first-order chi connectivity index (χ1) is 16.5. The predicted octanol–water partition coefficient (Wildman–Crippen LogP) is 2.93. The average molecular weight is 491 g/mol. The Hall–Kier alpha value is -1.80. The molecule has 1 saturated carbocycles. The number of thioether (sulfide) groups is 1. The zero-order valence-electron chi connectivity index (χ0n) is 20.0. The van der Waals surface area contributed by atoms with Gasteiger partial charge in [0.2, 0.25) is 11.8 Å². The van der Waals surface area contributed by atoms with Gasteiger partial charge in [-0.25, -0.2) is 0 Å². The number of rotatable bonds is 11. The summed E-state index contributed by atoms with van der Waals surface area (Å²) in [7, 11) is 0. The number of hydrogen-bond acceptors (Lipinski definition) is 6. The number of aliphatic hydroxyl groups is 1. The summed E-state index contributed by atoms with van der Waals surface area (Å²) in [5.74, 6) is -1.54. The number of hydrogen-bond donors (Lipinski definition) is 1. The maximum atomic E-state index is 14.2. The highest BCUT2D eigenvalue weighted by molar-refractivity contribution is 8.02. The molecular formula is C26H38N2O5S. The lowest BCUT2D eigenvalue weighted by atomic mass is 9.71. The lowest BCUT2D eigenvalue weighted by Crippen LogP contribution is -2.57. The van der Waals surface area contributed by atoms with Crippen LogP contribution in [0.1, 0.15) is 57.8 Å². The van der Waals surface area contributed by atoms with Crippen molar-refractivity contribution in [1.29, 1.82) is 0 Å². The quantitative estimate of drug-likeness (QED) is 0.272. The van der Waals surface area contributed by atoms with E-state index >= 15 is 0 Å². The van der Waals surface area contributed by atoms with Gasteiger partial charge in [-0.3, -0.25) is 14.4 Å². The number of amides is 2. The molecule has 0 radical (unpaired) electrons. The van der Waals surface area contributed by atoms with Crippen LogP contribution >= 0.6 is 11.8 Å². The second kappa shape index (κ2) is 10.9. The fourth-order valence-electron chi connectivity index (χ4n) is 6.63. The standard InChI is InChI=1S/C26H38N2O5S/c1-3-5-17-33-25(32)20-19-12-13-26(34-19)21(20)23(30)28(15-9-16-29)22(26)24(31)27(14-4-2)18-10-7-6-8-11-18/h3-4,18-22,29H,1-2,5-17H2/t19-,20+,21+,22?,26?/m1/s1. The Labute approximate surface area is 206 Å². The van der Waals surface area contributed by atoms with Gasteiger partial charge in [-0.1, -0.05) is 31.4 Å². The molecule has 188 valence electrons. The molecule has 3 heterocycles. The van der Waals surface area contributed by atoms with Gasteiger partial charge >= 0.3 is 5.97 Å². The van der Waals surface area contributed by atoms with Gasteiger partial charge in [-0.15, -0.1) is 24.9 Å². The highest BCUT2D eigenvalue weighted by Crippen LogP contribution is 2.66. The second-order valence-electron chi connectivity index (χ2n) is 9.98. The molecule has 2 unspecified atom stereocenters. The number of fused-ring (bicyclic) bond motifs is 1. The van der Waals surface area contributed by atoms with Crippen LogP contribution in [0, 0.1) is 11.8 Å². The molecular weight excluding hydrogens is 452 g/mol. The van der Waals surface area contributed by atoms with Crippen molar-refractivity contribution in [2.45, 2.75) is 79.9 Å². The maximum absolute atomic E-state index is 14.2. The van der Waals surface area contributed by atoms with Gasteiger partial charge in [0.1, 0.15) is 6.04 Å². The van der Waals surface area contributed by atoms with Gasteiger partial charge in [-0.2, -0.15) is 0 Å². The fourth-order valence-corrected chi connectivity index (χ4v) is 8.83. The molecule has 4 rings (SSSR count). The van der Waals surface area contributed by atoms with Gasteiger partial charge < -0.3 is 19.6 Å². The third-order valence-electron chi connectivity index (χ3n) is 8.05. The third-order valence-corrected chi connectivity index (χ3v) is 10.0. The lowest BCUT2D eigenvalue weighted by molar-refractivity contribution is -0.154. The van der Waals surface area contributed by atoms with E-state index in [1.807, 2.05) is 4.90 Å². The summed E-state index contributed by atoms with van der Waals surface area (Å²) >= 11 is 1.67. The van der Waals surface area contributed by atoms with Crippen LogP contribution in [-0.2, 0) is 19.1 Å². The first-order valence-electron chi connectivity index (χ1n) is 12.8. The number of nitrogens with zero attached hydrogens (tertiary/aromatic N) is 2. The molecule has 1 N–H and O–H groups in total. The monoisotopic (exact) mass is 490 g/mol. The second-order valence-corrected chi connectivity index (χ2v) is 11.6. The Bertz CT molecular complexity index is 813. The van der Waals surface area contributed by atoms with Crippen LogP contribution in [0.4, 0.5) is 0 Å². The summed E-state index contributed by atoms with van der Waals surface area (Å²) in [5.41, 5.74) is 0. The first-order valence-corrected chi connectivity index (χ1v) is 13.7. The van der Waals surface area contributed by atoms with Crippen molar-refractivity contribution >= 4 is 29.5 Å². The van der Waals surface area contributed by atoms with Gasteiger partial charge in [0.25, 0.3) is 0 Å². The Morgan fingerprint density at radius 1 is 1.21 bits per heavy atom. The van der Waals surface area contributed by atoms with Gasteiger partial charge in [-0.05, 0) is 38.5 Å². The van der Waals surface area contributed by atoms with E-state index in [4.69, 9.17) is 4.74 Å². The number of ether oxygens (including phenoxy) is 1. The average Bonchev–Trinajstić information content (AvgIpc) is 3.49. The minimum Gasteiger partial charge on any atom is -0.465 e. The molecule has 2 bridgehead atoms. The Balaban J connectivity index is 1.66. The molecule has 3 saturated heterocycles. The van der Waals surface area contributed by atoms with E-state index in [1.165, 1.54) is 6.42 Å². The Morgan fingerprint density at radius 2 is 1.97 bits per heavy atom. The Morgan fingerprint density at radius 3 is 2.65 bits per heavy atom. The van der Waals surface area contributed by atoms with Crippen molar-refractivity contribution in [3.63, 3.8) is 0 Å². The molecule has 0 aromatic heterocycles. The minimum atomic E-state index is -0.612. The maximum Gasteiger partial charge on any atom is 0.310 e. The molecule has 4 fully saturated rings. The third kappa shape index (κ3) is 4.32. The van der Waals surface area contributed by atoms with E-state index in [1.54, 1.807) is 28.8 Å². The van der Waals surface area contributed by atoms with Crippen LogP contribution < -0.4 is 0 Å². The van der Waals surface area contributed by atoms with Crippen molar-refractivity contribution < 1.29 is 24.2 Å². The van der Waals surface area contributed by atoms with E-state index in [0.717, 1.165) is 38.5 Å². The highest BCUT2D eigenvalue weighted by Gasteiger charge is 2.74. The summed E-state index contributed by atoms with van der Waals surface area (Å²) in [5, 5.41) is 9.50. The number of carbonyl (C=O) groups excluding carboxylic acids is 3. The van der Waals surface area contributed by atoms with Crippen molar-refractivity contribution in [2.24, 2.45) is 11.8 Å². The van der Waals surface area contributed by atoms with Crippen molar-refractivity contribution in [2.75, 3.05) is 26.3 Å². The summed E-state index contributed by atoms with van der Waals surface area (Å²) < 4.78 is 4.92. The SMILES string of the molecule is C=CCCOC(=O)[C@@H]1[C@H]2C(=O)N(CCCO)C(C(=O)N(CC=C)C3CCCCC3)C23CC[C@H]1S3. The van der Waals surface area contributed by atoms with E-state index in [2.05, 4.69) is 13.2 Å². The van der Waals surface area contributed by atoms with Gasteiger partial charge in [0.15, 0.2) is 0 Å². The van der Waals surface area contributed by atoms with E-state index < -0.39 is 22.6 Å².